The minimum absolute atomic E-state index is 0.391. The Morgan fingerprint density at radius 2 is 1.89 bits per heavy atom. The van der Waals surface area contributed by atoms with Crippen molar-refractivity contribution in [1.29, 1.82) is 0 Å². The fourth-order valence-corrected chi connectivity index (χ4v) is 2.09. The summed E-state index contributed by atoms with van der Waals surface area (Å²) < 4.78 is 5.56. The molecule has 1 N–H and O–H groups in total. The lowest BCUT2D eigenvalue weighted by atomic mass is 10.2. The van der Waals surface area contributed by atoms with Crippen LogP contribution in [0.15, 0.2) is 30.3 Å². The Kier molecular flexibility index (Phi) is 7.72. The molecule has 0 bridgehead atoms. The minimum atomic E-state index is -0.419. The number of benzene rings is 1. The monoisotopic (exact) mass is 265 g/mol. The second kappa shape index (κ2) is 9.08. The Labute approximate surface area is 117 Å². The van der Waals surface area contributed by atoms with Crippen LogP contribution in [0.4, 0.5) is 0 Å². The van der Waals surface area contributed by atoms with Crippen molar-refractivity contribution in [3.63, 3.8) is 0 Å². The lowest BCUT2D eigenvalue weighted by Gasteiger charge is -2.29. The van der Waals surface area contributed by atoms with Crippen molar-refractivity contribution >= 4 is 0 Å². The first-order chi connectivity index (χ1) is 9.17. The van der Waals surface area contributed by atoms with E-state index in [4.69, 9.17) is 4.74 Å². The molecule has 0 amide bonds. The molecule has 0 aliphatic rings. The van der Waals surface area contributed by atoms with Crippen LogP contribution in [0.3, 0.4) is 0 Å². The van der Waals surface area contributed by atoms with Crippen LogP contribution in [0, 0.1) is 0 Å². The SMILES string of the molecule is CCC(C)N(CC)CC(O)COCc1ccccc1. The predicted molar refractivity (Wildman–Crippen MR) is 79.1 cm³/mol. The van der Waals surface area contributed by atoms with Crippen LogP contribution in [-0.4, -0.2) is 41.8 Å². The molecule has 108 valence electrons. The number of hydrogen-bond donors (Lipinski definition) is 1. The molecule has 0 fully saturated rings. The summed E-state index contributed by atoms with van der Waals surface area (Å²) in [5.74, 6) is 0. The molecule has 0 aliphatic heterocycles. The van der Waals surface area contributed by atoms with Gasteiger partial charge in [0, 0.05) is 12.6 Å². The maximum Gasteiger partial charge on any atom is 0.0900 e. The lowest BCUT2D eigenvalue weighted by Crippen LogP contribution is -2.40. The van der Waals surface area contributed by atoms with E-state index in [0.29, 0.717) is 25.8 Å². The molecule has 1 rings (SSSR count). The number of hydrogen-bond acceptors (Lipinski definition) is 3. The number of rotatable bonds is 9. The highest BCUT2D eigenvalue weighted by Crippen LogP contribution is 2.05. The predicted octanol–water partition coefficient (Wildman–Crippen LogP) is 2.68. The largest absolute Gasteiger partial charge is 0.389 e. The van der Waals surface area contributed by atoms with E-state index in [9.17, 15) is 5.11 Å². The summed E-state index contributed by atoms with van der Waals surface area (Å²) in [6, 6.07) is 10.6. The van der Waals surface area contributed by atoms with E-state index in [1.54, 1.807) is 0 Å². The first-order valence-corrected chi connectivity index (χ1v) is 7.21. The summed E-state index contributed by atoms with van der Waals surface area (Å²) in [6.07, 6.45) is 0.684. The maximum absolute atomic E-state index is 10.0. The van der Waals surface area contributed by atoms with Crippen LogP contribution in [0.2, 0.25) is 0 Å². The Morgan fingerprint density at radius 1 is 1.21 bits per heavy atom. The summed E-state index contributed by atoms with van der Waals surface area (Å²) >= 11 is 0. The minimum Gasteiger partial charge on any atom is -0.389 e. The molecule has 19 heavy (non-hydrogen) atoms. The molecule has 0 spiro atoms. The van der Waals surface area contributed by atoms with E-state index >= 15 is 0 Å². The smallest absolute Gasteiger partial charge is 0.0900 e. The highest BCUT2D eigenvalue weighted by molar-refractivity contribution is 5.13. The van der Waals surface area contributed by atoms with Gasteiger partial charge in [0.25, 0.3) is 0 Å². The van der Waals surface area contributed by atoms with E-state index in [2.05, 4.69) is 25.7 Å². The van der Waals surface area contributed by atoms with Gasteiger partial charge in [0.2, 0.25) is 0 Å². The van der Waals surface area contributed by atoms with Gasteiger partial charge in [0.15, 0.2) is 0 Å². The highest BCUT2D eigenvalue weighted by atomic mass is 16.5. The molecule has 0 heterocycles. The van der Waals surface area contributed by atoms with Crippen LogP contribution in [0.5, 0.6) is 0 Å². The topological polar surface area (TPSA) is 32.7 Å². The van der Waals surface area contributed by atoms with E-state index in [1.807, 2.05) is 30.3 Å². The van der Waals surface area contributed by atoms with Crippen molar-refractivity contribution in [2.24, 2.45) is 0 Å². The van der Waals surface area contributed by atoms with Gasteiger partial charge in [-0.15, -0.1) is 0 Å². The third-order valence-corrected chi connectivity index (χ3v) is 3.49. The lowest BCUT2D eigenvalue weighted by molar-refractivity contribution is 0.00435. The first-order valence-electron chi connectivity index (χ1n) is 7.21. The number of nitrogens with zero attached hydrogens (tertiary/aromatic N) is 1. The molecule has 0 radical (unpaired) electrons. The molecule has 0 aromatic heterocycles. The zero-order chi connectivity index (χ0) is 14.1. The third-order valence-electron chi connectivity index (χ3n) is 3.49. The average Bonchev–Trinajstić information content (AvgIpc) is 2.45. The van der Waals surface area contributed by atoms with Crippen LogP contribution >= 0.6 is 0 Å². The van der Waals surface area contributed by atoms with Gasteiger partial charge in [-0.3, -0.25) is 4.90 Å². The molecule has 3 heteroatoms. The fraction of sp³-hybridized carbons (Fsp3) is 0.625. The van der Waals surface area contributed by atoms with Gasteiger partial charge < -0.3 is 9.84 Å². The highest BCUT2D eigenvalue weighted by Gasteiger charge is 2.14. The van der Waals surface area contributed by atoms with E-state index in [1.165, 1.54) is 0 Å². The van der Waals surface area contributed by atoms with Gasteiger partial charge in [-0.05, 0) is 25.5 Å². The van der Waals surface area contributed by atoms with E-state index in [-0.39, 0.29) is 0 Å². The average molecular weight is 265 g/mol. The van der Waals surface area contributed by atoms with Crippen molar-refractivity contribution in [2.45, 2.75) is 45.9 Å². The van der Waals surface area contributed by atoms with Crippen molar-refractivity contribution in [2.75, 3.05) is 19.7 Å². The second-order valence-electron chi connectivity index (χ2n) is 5.00. The van der Waals surface area contributed by atoms with Crippen molar-refractivity contribution in [3.05, 3.63) is 35.9 Å². The summed E-state index contributed by atoms with van der Waals surface area (Å²) in [4.78, 5) is 2.29. The zero-order valence-electron chi connectivity index (χ0n) is 12.4. The first kappa shape index (κ1) is 16.2. The third kappa shape index (κ3) is 6.19. The Bertz CT molecular complexity index is 329. The molecule has 3 nitrogen and oxygen atoms in total. The summed E-state index contributed by atoms with van der Waals surface area (Å²) in [5, 5.41) is 10.0. The fourth-order valence-electron chi connectivity index (χ4n) is 2.09. The number of likely N-dealkylation sites (N-methyl/N-ethyl adjacent to an activating group) is 1. The molecule has 2 unspecified atom stereocenters. The summed E-state index contributed by atoms with van der Waals surface area (Å²) in [6.45, 7) is 9.09. The molecule has 0 aliphatic carbocycles. The zero-order valence-corrected chi connectivity index (χ0v) is 12.4. The number of ether oxygens (including phenoxy) is 1. The number of aliphatic hydroxyl groups is 1. The van der Waals surface area contributed by atoms with Crippen molar-refractivity contribution < 1.29 is 9.84 Å². The Balaban J connectivity index is 2.25. The van der Waals surface area contributed by atoms with E-state index in [0.717, 1.165) is 18.5 Å². The van der Waals surface area contributed by atoms with Crippen LogP contribution in [0.25, 0.3) is 0 Å². The van der Waals surface area contributed by atoms with Gasteiger partial charge in [0.1, 0.15) is 0 Å². The molecule has 1 aromatic carbocycles. The summed E-state index contributed by atoms with van der Waals surface area (Å²) in [5.41, 5.74) is 1.14. The Hall–Kier alpha value is -0.900. The van der Waals surface area contributed by atoms with Crippen molar-refractivity contribution in [3.8, 4) is 0 Å². The van der Waals surface area contributed by atoms with E-state index < -0.39 is 6.10 Å². The second-order valence-corrected chi connectivity index (χ2v) is 5.00. The van der Waals surface area contributed by atoms with Gasteiger partial charge in [-0.1, -0.05) is 44.2 Å². The number of aliphatic hydroxyl groups excluding tert-OH is 1. The summed E-state index contributed by atoms with van der Waals surface area (Å²) in [7, 11) is 0. The van der Waals surface area contributed by atoms with Crippen LogP contribution in [-0.2, 0) is 11.3 Å². The molecular formula is C16H27NO2. The molecule has 0 saturated heterocycles. The maximum atomic E-state index is 10.0. The standard InChI is InChI=1S/C16H27NO2/c1-4-14(3)17(5-2)11-16(18)13-19-12-15-9-7-6-8-10-15/h6-10,14,16,18H,4-5,11-13H2,1-3H3. The van der Waals surface area contributed by atoms with Crippen LogP contribution < -0.4 is 0 Å². The Morgan fingerprint density at radius 3 is 2.47 bits per heavy atom. The molecule has 0 saturated carbocycles. The van der Waals surface area contributed by atoms with Gasteiger partial charge in [0.05, 0.1) is 19.3 Å². The van der Waals surface area contributed by atoms with Gasteiger partial charge in [-0.25, -0.2) is 0 Å². The van der Waals surface area contributed by atoms with Crippen LogP contribution in [0.1, 0.15) is 32.8 Å². The normalized spacial score (nSPS) is 14.6. The molecular weight excluding hydrogens is 238 g/mol. The van der Waals surface area contributed by atoms with Gasteiger partial charge >= 0.3 is 0 Å². The molecule has 2 atom stereocenters. The quantitative estimate of drug-likeness (QED) is 0.745. The molecule has 1 aromatic rings. The van der Waals surface area contributed by atoms with Gasteiger partial charge in [-0.2, -0.15) is 0 Å². The van der Waals surface area contributed by atoms with Crippen molar-refractivity contribution in [1.82, 2.24) is 4.90 Å².